The summed E-state index contributed by atoms with van der Waals surface area (Å²) in [6.45, 7) is 0. The molecule has 2 amide bonds. The van der Waals surface area contributed by atoms with Gasteiger partial charge >= 0.3 is 0 Å². The topological polar surface area (TPSA) is 49.4 Å². The predicted molar refractivity (Wildman–Crippen MR) is 112 cm³/mol. The zero-order valence-corrected chi connectivity index (χ0v) is 17.1. The maximum absolute atomic E-state index is 13.2. The average molecular weight is 403 g/mol. The van der Waals surface area contributed by atoms with Gasteiger partial charge in [0.25, 0.3) is 5.24 Å². The van der Waals surface area contributed by atoms with E-state index in [-0.39, 0.29) is 11.1 Å². The van der Waals surface area contributed by atoms with Gasteiger partial charge < -0.3 is 10.2 Å². The van der Waals surface area contributed by atoms with Gasteiger partial charge in [0, 0.05) is 29.7 Å². The van der Waals surface area contributed by atoms with E-state index < -0.39 is 5.41 Å². The van der Waals surface area contributed by atoms with Crippen LogP contribution in [0, 0.1) is 0 Å². The number of benzene rings is 2. The third kappa shape index (κ3) is 4.47. The van der Waals surface area contributed by atoms with E-state index in [1.54, 1.807) is 14.1 Å². The molecule has 0 aromatic heterocycles. The van der Waals surface area contributed by atoms with Crippen LogP contribution in [0.3, 0.4) is 0 Å². The fourth-order valence-corrected chi connectivity index (χ4v) is 4.31. The largest absolute Gasteiger partial charge is 0.339 e. The number of rotatable bonds is 4. The van der Waals surface area contributed by atoms with Crippen molar-refractivity contribution in [2.24, 2.45) is 0 Å². The smallest absolute Gasteiger partial charge is 0.285 e. The number of amides is 2. The Kier molecular flexibility index (Phi) is 6.12. The minimum absolute atomic E-state index is 0.00652. The first-order valence-electron chi connectivity index (χ1n) is 8.97. The van der Waals surface area contributed by atoms with Gasteiger partial charge in [-0.2, -0.15) is 0 Å². The molecular formula is C21H23ClN2O2S. The van der Waals surface area contributed by atoms with Crippen LogP contribution >= 0.6 is 23.4 Å². The first kappa shape index (κ1) is 19.8. The summed E-state index contributed by atoms with van der Waals surface area (Å²) in [4.78, 5) is 27.3. The van der Waals surface area contributed by atoms with Crippen molar-refractivity contribution in [2.75, 3.05) is 19.4 Å². The summed E-state index contributed by atoms with van der Waals surface area (Å²) in [5.74, 6) is 0.00652. The molecule has 1 saturated carbocycles. The van der Waals surface area contributed by atoms with Crippen molar-refractivity contribution in [2.45, 2.75) is 36.0 Å². The lowest BCUT2D eigenvalue weighted by molar-refractivity contribution is -0.121. The van der Waals surface area contributed by atoms with Gasteiger partial charge in [0.1, 0.15) is 0 Å². The highest BCUT2D eigenvalue weighted by atomic mass is 35.5. The van der Waals surface area contributed by atoms with Crippen LogP contribution in [-0.4, -0.2) is 30.1 Å². The lowest BCUT2D eigenvalue weighted by Gasteiger charge is -2.28. The number of anilines is 1. The quantitative estimate of drug-likeness (QED) is 0.680. The van der Waals surface area contributed by atoms with Crippen LogP contribution in [0.1, 0.15) is 31.2 Å². The van der Waals surface area contributed by atoms with Crippen molar-refractivity contribution >= 4 is 40.2 Å². The standard InChI is InChI=1S/C21H23ClN2O2S/c1-24(2)20(26)27-18-10-8-17(9-11-18)23-19(25)21(12-3-4-13-21)15-6-5-7-16(22)14-15/h5-11,14H,3-4,12-13H2,1-2H3,(H,23,25). The zero-order chi connectivity index (χ0) is 19.4. The molecule has 3 rings (SSSR count). The van der Waals surface area contributed by atoms with Crippen LogP contribution in [0.15, 0.2) is 53.4 Å². The molecular weight excluding hydrogens is 380 g/mol. The molecule has 0 radical (unpaired) electrons. The molecule has 0 aliphatic heterocycles. The molecule has 0 heterocycles. The van der Waals surface area contributed by atoms with E-state index in [1.165, 1.54) is 4.90 Å². The molecule has 1 aliphatic carbocycles. The molecule has 6 heteroatoms. The van der Waals surface area contributed by atoms with Gasteiger partial charge in [0.2, 0.25) is 5.91 Å². The lowest BCUT2D eigenvalue weighted by atomic mass is 9.78. The molecule has 2 aromatic carbocycles. The Morgan fingerprint density at radius 1 is 1.07 bits per heavy atom. The summed E-state index contributed by atoms with van der Waals surface area (Å²) in [6.07, 6.45) is 3.71. The molecule has 1 fully saturated rings. The number of nitrogens with zero attached hydrogens (tertiary/aromatic N) is 1. The van der Waals surface area contributed by atoms with Gasteiger partial charge in [0.15, 0.2) is 0 Å². The molecule has 1 aliphatic rings. The second-order valence-electron chi connectivity index (χ2n) is 7.04. The molecule has 1 N–H and O–H groups in total. The molecule has 27 heavy (non-hydrogen) atoms. The monoisotopic (exact) mass is 402 g/mol. The van der Waals surface area contributed by atoms with Gasteiger partial charge in [-0.1, -0.05) is 36.6 Å². The Balaban J connectivity index is 1.76. The SMILES string of the molecule is CN(C)C(=O)Sc1ccc(NC(=O)C2(c3cccc(Cl)c3)CCCC2)cc1. The Morgan fingerprint density at radius 2 is 1.74 bits per heavy atom. The van der Waals surface area contributed by atoms with E-state index in [0.717, 1.165) is 53.6 Å². The molecule has 2 aromatic rings. The fraction of sp³-hybridized carbons (Fsp3) is 0.333. The Bertz CT molecular complexity index is 830. The lowest BCUT2D eigenvalue weighted by Crippen LogP contribution is -2.38. The van der Waals surface area contributed by atoms with Crippen LogP contribution in [0.4, 0.5) is 10.5 Å². The van der Waals surface area contributed by atoms with Crippen LogP contribution in [0.5, 0.6) is 0 Å². The molecule has 142 valence electrons. The van der Waals surface area contributed by atoms with Gasteiger partial charge in [-0.3, -0.25) is 9.59 Å². The summed E-state index contributed by atoms with van der Waals surface area (Å²) in [5, 5.41) is 3.68. The number of carbonyl (C=O) groups excluding carboxylic acids is 2. The second-order valence-corrected chi connectivity index (χ2v) is 8.50. The van der Waals surface area contributed by atoms with E-state index in [2.05, 4.69) is 5.32 Å². The summed E-state index contributed by atoms with van der Waals surface area (Å²) in [6, 6.07) is 15.0. The number of hydrogen-bond acceptors (Lipinski definition) is 3. The summed E-state index contributed by atoms with van der Waals surface area (Å²) in [5.41, 5.74) is 1.18. The Hall–Kier alpha value is -1.98. The summed E-state index contributed by atoms with van der Waals surface area (Å²) in [7, 11) is 3.45. The molecule has 0 saturated heterocycles. The molecule has 0 unspecified atom stereocenters. The Morgan fingerprint density at radius 3 is 2.33 bits per heavy atom. The summed E-state index contributed by atoms with van der Waals surface area (Å²) >= 11 is 7.33. The van der Waals surface area contributed by atoms with Gasteiger partial charge in [-0.05, 0) is 66.6 Å². The first-order valence-corrected chi connectivity index (χ1v) is 10.2. The summed E-state index contributed by atoms with van der Waals surface area (Å²) < 4.78 is 0. The van der Waals surface area contributed by atoms with E-state index in [1.807, 2.05) is 48.5 Å². The highest BCUT2D eigenvalue weighted by Gasteiger charge is 2.42. The van der Waals surface area contributed by atoms with E-state index in [9.17, 15) is 9.59 Å². The zero-order valence-electron chi connectivity index (χ0n) is 15.5. The molecule has 0 atom stereocenters. The maximum atomic E-state index is 13.2. The van der Waals surface area contributed by atoms with Crippen LogP contribution < -0.4 is 5.32 Å². The van der Waals surface area contributed by atoms with Crippen molar-refractivity contribution in [3.63, 3.8) is 0 Å². The van der Waals surface area contributed by atoms with Gasteiger partial charge in [-0.25, -0.2) is 0 Å². The van der Waals surface area contributed by atoms with Crippen molar-refractivity contribution in [3.8, 4) is 0 Å². The van der Waals surface area contributed by atoms with Gasteiger partial charge in [-0.15, -0.1) is 0 Å². The molecule has 0 spiro atoms. The van der Waals surface area contributed by atoms with Gasteiger partial charge in [0.05, 0.1) is 5.41 Å². The third-order valence-corrected chi connectivity index (χ3v) is 6.23. The minimum atomic E-state index is -0.529. The highest BCUT2D eigenvalue weighted by Crippen LogP contribution is 2.42. The number of carbonyl (C=O) groups is 2. The van der Waals surface area contributed by atoms with Crippen LogP contribution in [0.25, 0.3) is 0 Å². The maximum Gasteiger partial charge on any atom is 0.285 e. The van der Waals surface area contributed by atoms with Crippen molar-refractivity contribution in [1.82, 2.24) is 4.90 Å². The predicted octanol–water partition coefficient (Wildman–Crippen LogP) is 5.56. The molecule has 4 nitrogen and oxygen atoms in total. The average Bonchev–Trinajstić information content (AvgIpc) is 3.14. The van der Waals surface area contributed by atoms with Crippen LogP contribution in [0.2, 0.25) is 5.02 Å². The normalized spacial score (nSPS) is 15.4. The van der Waals surface area contributed by atoms with Crippen molar-refractivity contribution < 1.29 is 9.59 Å². The number of halogens is 1. The first-order chi connectivity index (χ1) is 12.9. The van der Waals surface area contributed by atoms with Crippen LogP contribution in [-0.2, 0) is 10.2 Å². The number of hydrogen-bond donors (Lipinski definition) is 1. The Labute approximate surface area is 169 Å². The molecule has 0 bridgehead atoms. The van der Waals surface area contributed by atoms with E-state index in [0.29, 0.717) is 5.02 Å². The minimum Gasteiger partial charge on any atom is -0.339 e. The van der Waals surface area contributed by atoms with Crippen molar-refractivity contribution in [3.05, 3.63) is 59.1 Å². The second kappa shape index (κ2) is 8.36. The van der Waals surface area contributed by atoms with E-state index >= 15 is 0 Å². The third-order valence-electron chi connectivity index (χ3n) is 4.95. The number of thioether (sulfide) groups is 1. The van der Waals surface area contributed by atoms with E-state index in [4.69, 9.17) is 11.6 Å². The fourth-order valence-electron chi connectivity index (χ4n) is 3.46. The number of nitrogens with one attached hydrogen (secondary N) is 1. The highest BCUT2D eigenvalue weighted by molar-refractivity contribution is 8.13. The van der Waals surface area contributed by atoms with Crippen molar-refractivity contribution in [1.29, 1.82) is 0 Å².